The van der Waals surface area contributed by atoms with Crippen molar-refractivity contribution in [1.29, 1.82) is 0 Å². The average molecular weight is 388 g/mol. The van der Waals surface area contributed by atoms with Crippen LogP contribution in [0, 0.1) is 0 Å². The van der Waals surface area contributed by atoms with Gasteiger partial charge in [0.15, 0.2) is 6.61 Å². The Bertz CT molecular complexity index is 720. The Kier molecular flexibility index (Phi) is 5.86. The molecule has 1 aliphatic heterocycles. The van der Waals surface area contributed by atoms with E-state index in [2.05, 4.69) is 10.2 Å². The van der Waals surface area contributed by atoms with Gasteiger partial charge in [-0.25, -0.2) is 0 Å². The van der Waals surface area contributed by atoms with Gasteiger partial charge in [0.2, 0.25) is 5.91 Å². The summed E-state index contributed by atoms with van der Waals surface area (Å²) in [6, 6.07) is 4.95. The van der Waals surface area contributed by atoms with E-state index >= 15 is 0 Å². The van der Waals surface area contributed by atoms with Crippen molar-refractivity contribution in [3.05, 3.63) is 34.1 Å². The predicted octanol–water partition coefficient (Wildman–Crippen LogP) is 3.67. The number of thioether (sulfide) groups is 1. The molecule has 1 amide bonds. The Morgan fingerprint density at radius 1 is 1.29 bits per heavy atom. The van der Waals surface area contributed by atoms with E-state index < -0.39 is 0 Å². The Labute approximate surface area is 153 Å². The van der Waals surface area contributed by atoms with Gasteiger partial charge in [0.05, 0.1) is 10.8 Å². The summed E-state index contributed by atoms with van der Waals surface area (Å²) in [6.07, 6.45) is 2.15. The van der Waals surface area contributed by atoms with Gasteiger partial charge >= 0.3 is 0 Å². The maximum atomic E-state index is 12.0. The van der Waals surface area contributed by atoms with Gasteiger partial charge in [-0.1, -0.05) is 35.0 Å². The molecular weight excluding hydrogens is 373 g/mol. The van der Waals surface area contributed by atoms with Crippen LogP contribution in [0.1, 0.15) is 18.7 Å². The number of ether oxygens (including phenoxy) is 1. The number of halogens is 2. The van der Waals surface area contributed by atoms with Crippen LogP contribution in [0.25, 0.3) is 0 Å². The highest BCUT2D eigenvalue weighted by Gasteiger charge is 2.19. The quantitative estimate of drug-likeness (QED) is 0.704. The van der Waals surface area contributed by atoms with E-state index in [0.29, 0.717) is 32.7 Å². The molecule has 0 saturated carbocycles. The average Bonchev–Trinajstić information content (AvgIpc) is 3.24. The van der Waals surface area contributed by atoms with Gasteiger partial charge in [-0.15, -0.1) is 10.2 Å². The van der Waals surface area contributed by atoms with Crippen molar-refractivity contribution in [3.63, 3.8) is 0 Å². The molecule has 1 fully saturated rings. The normalized spacial score (nSPS) is 14.2. The number of hydrogen-bond donors (Lipinski definition) is 0. The molecule has 0 bridgehead atoms. The molecule has 1 aliphatic rings. The van der Waals surface area contributed by atoms with E-state index in [4.69, 9.17) is 32.4 Å². The number of carbonyl (C=O) groups is 1. The van der Waals surface area contributed by atoms with E-state index in [1.165, 1.54) is 11.8 Å². The fraction of sp³-hybridized carbons (Fsp3) is 0.400. The molecule has 9 heteroatoms. The number of carbonyl (C=O) groups excluding carboxylic acids is 1. The second kappa shape index (κ2) is 8.09. The lowest BCUT2D eigenvalue weighted by molar-refractivity contribution is -0.127. The molecule has 0 N–H and O–H groups in total. The lowest BCUT2D eigenvalue weighted by Gasteiger charge is -2.13. The zero-order valence-electron chi connectivity index (χ0n) is 12.7. The lowest BCUT2D eigenvalue weighted by Crippen LogP contribution is -2.29. The van der Waals surface area contributed by atoms with E-state index in [0.717, 1.165) is 25.9 Å². The largest absolute Gasteiger partial charge is 0.482 e. The standard InChI is InChI=1S/C15H15Cl2N3O3S/c16-10-3-4-12(11(17)7-10)22-8-13-18-19-15(23-13)24-9-14(21)20-5-1-2-6-20/h3-4,7H,1-2,5-6,8-9H2. The van der Waals surface area contributed by atoms with Crippen LogP contribution >= 0.6 is 35.0 Å². The first kappa shape index (κ1) is 17.4. The van der Waals surface area contributed by atoms with Crippen LogP contribution in [-0.4, -0.2) is 39.8 Å². The third-order valence-electron chi connectivity index (χ3n) is 3.47. The maximum Gasteiger partial charge on any atom is 0.277 e. The van der Waals surface area contributed by atoms with Crippen molar-refractivity contribution in [1.82, 2.24) is 15.1 Å². The summed E-state index contributed by atoms with van der Waals surface area (Å²) >= 11 is 13.1. The van der Waals surface area contributed by atoms with Crippen molar-refractivity contribution < 1.29 is 13.9 Å². The van der Waals surface area contributed by atoms with Crippen LogP contribution in [0.2, 0.25) is 10.0 Å². The zero-order chi connectivity index (χ0) is 16.9. The van der Waals surface area contributed by atoms with Crippen molar-refractivity contribution in [2.75, 3.05) is 18.8 Å². The Hall–Kier alpha value is -1.44. The highest BCUT2D eigenvalue weighted by Crippen LogP contribution is 2.28. The zero-order valence-corrected chi connectivity index (χ0v) is 15.0. The van der Waals surface area contributed by atoms with Gasteiger partial charge in [0.1, 0.15) is 5.75 Å². The molecule has 0 atom stereocenters. The van der Waals surface area contributed by atoms with Gasteiger partial charge in [0, 0.05) is 18.1 Å². The smallest absolute Gasteiger partial charge is 0.277 e. The molecule has 24 heavy (non-hydrogen) atoms. The highest BCUT2D eigenvalue weighted by atomic mass is 35.5. The summed E-state index contributed by atoms with van der Waals surface area (Å²) in [6.45, 7) is 1.77. The summed E-state index contributed by atoms with van der Waals surface area (Å²) in [7, 11) is 0. The van der Waals surface area contributed by atoms with E-state index in [1.54, 1.807) is 18.2 Å². The number of benzene rings is 1. The molecule has 0 aliphatic carbocycles. The molecule has 0 radical (unpaired) electrons. The molecule has 6 nitrogen and oxygen atoms in total. The minimum Gasteiger partial charge on any atom is -0.482 e. The van der Waals surface area contributed by atoms with Crippen LogP contribution in [0.15, 0.2) is 27.8 Å². The molecular formula is C15H15Cl2N3O3S. The van der Waals surface area contributed by atoms with Crippen LogP contribution in [0.4, 0.5) is 0 Å². The van der Waals surface area contributed by atoms with Crippen molar-refractivity contribution in [3.8, 4) is 5.75 Å². The first-order valence-electron chi connectivity index (χ1n) is 7.42. The van der Waals surface area contributed by atoms with Gasteiger partial charge in [-0.05, 0) is 31.0 Å². The van der Waals surface area contributed by atoms with Crippen LogP contribution in [0.5, 0.6) is 5.75 Å². The first-order chi connectivity index (χ1) is 11.6. The molecule has 3 rings (SSSR count). The van der Waals surface area contributed by atoms with Crippen LogP contribution in [-0.2, 0) is 11.4 Å². The van der Waals surface area contributed by atoms with Gasteiger partial charge < -0.3 is 14.1 Å². The lowest BCUT2D eigenvalue weighted by atomic mass is 10.3. The second-order valence-corrected chi connectivity index (χ2v) is 6.97. The number of rotatable bonds is 6. The fourth-order valence-electron chi connectivity index (χ4n) is 2.27. The van der Waals surface area contributed by atoms with Crippen LogP contribution < -0.4 is 4.74 Å². The third-order valence-corrected chi connectivity index (χ3v) is 4.80. The summed E-state index contributed by atoms with van der Waals surface area (Å²) in [4.78, 5) is 13.8. The van der Waals surface area contributed by atoms with Gasteiger partial charge in [-0.2, -0.15) is 0 Å². The Balaban J connectivity index is 1.49. The monoisotopic (exact) mass is 387 g/mol. The molecule has 2 aromatic rings. The fourth-order valence-corrected chi connectivity index (χ4v) is 3.41. The number of nitrogens with zero attached hydrogens (tertiary/aromatic N) is 3. The Morgan fingerprint density at radius 2 is 2.08 bits per heavy atom. The minimum absolute atomic E-state index is 0.0922. The SMILES string of the molecule is O=C(CSc1nnc(COc2ccc(Cl)cc2Cl)o1)N1CCCC1. The summed E-state index contributed by atoms with van der Waals surface area (Å²) in [5, 5.41) is 9.10. The highest BCUT2D eigenvalue weighted by molar-refractivity contribution is 7.99. The van der Waals surface area contributed by atoms with Crippen LogP contribution in [0.3, 0.4) is 0 Å². The summed E-state index contributed by atoms with van der Waals surface area (Å²) in [5.74, 6) is 1.20. The summed E-state index contributed by atoms with van der Waals surface area (Å²) in [5.41, 5.74) is 0. The number of likely N-dealkylation sites (tertiary alicyclic amines) is 1. The summed E-state index contributed by atoms with van der Waals surface area (Å²) < 4.78 is 11.0. The van der Waals surface area contributed by atoms with Crippen molar-refractivity contribution >= 4 is 40.9 Å². The predicted molar refractivity (Wildman–Crippen MR) is 91.6 cm³/mol. The molecule has 1 saturated heterocycles. The molecule has 1 aromatic carbocycles. The van der Waals surface area contributed by atoms with E-state index in [9.17, 15) is 4.79 Å². The molecule has 2 heterocycles. The Morgan fingerprint density at radius 3 is 2.83 bits per heavy atom. The van der Waals surface area contributed by atoms with E-state index in [-0.39, 0.29) is 12.5 Å². The van der Waals surface area contributed by atoms with Crippen molar-refractivity contribution in [2.45, 2.75) is 24.7 Å². The molecule has 0 unspecified atom stereocenters. The third kappa shape index (κ3) is 4.55. The molecule has 128 valence electrons. The van der Waals surface area contributed by atoms with Gasteiger partial charge in [0.25, 0.3) is 11.1 Å². The number of amides is 1. The number of aromatic nitrogens is 2. The minimum atomic E-state index is 0.0922. The van der Waals surface area contributed by atoms with Gasteiger partial charge in [-0.3, -0.25) is 4.79 Å². The molecule has 1 aromatic heterocycles. The number of hydrogen-bond acceptors (Lipinski definition) is 6. The molecule has 0 spiro atoms. The maximum absolute atomic E-state index is 12.0. The van der Waals surface area contributed by atoms with Crippen molar-refractivity contribution in [2.24, 2.45) is 0 Å². The van der Waals surface area contributed by atoms with E-state index in [1.807, 2.05) is 4.90 Å². The second-order valence-electron chi connectivity index (χ2n) is 5.20. The topological polar surface area (TPSA) is 68.5 Å². The first-order valence-corrected chi connectivity index (χ1v) is 9.17.